The Morgan fingerprint density at radius 3 is 2.61 bits per heavy atom. The molecule has 0 spiro atoms. The van der Waals surface area contributed by atoms with E-state index >= 15 is 0 Å². The highest BCUT2D eigenvalue weighted by atomic mass is 19.1. The third kappa shape index (κ3) is 3.30. The van der Waals surface area contributed by atoms with Crippen molar-refractivity contribution in [3.63, 3.8) is 0 Å². The fourth-order valence-electron chi connectivity index (χ4n) is 2.83. The summed E-state index contributed by atoms with van der Waals surface area (Å²) in [5, 5.41) is 0. The molecule has 18 heavy (non-hydrogen) atoms. The van der Waals surface area contributed by atoms with Gasteiger partial charge in [0.2, 0.25) is 0 Å². The Labute approximate surface area is 109 Å². The predicted octanol–water partition coefficient (Wildman–Crippen LogP) is 2.77. The van der Waals surface area contributed by atoms with E-state index in [4.69, 9.17) is 0 Å². The quantitative estimate of drug-likeness (QED) is 0.811. The van der Waals surface area contributed by atoms with Crippen LogP contribution in [0.3, 0.4) is 0 Å². The van der Waals surface area contributed by atoms with Crippen molar-refractivity contribution in [3.8, 4) is 0 Å². The van der Waals surface area contributed by atoms with E-state index in [1.54, 1.807) is 12.1 Å². The van der Waals surface area contributed by atoms with Crippen LogP contribution in [-0.2, 0) is 0 Å². The first kappa shape index (κ1) is 13.5. The molecule has 0 saturated carbocycles. The Balaban J connectivity index is 1.94. The molecule has 0 N–H and O–H groups in total. The second-order valence-electron chi connectivity index (χ2n) is 5.64. The Kier molecular flexibility index (Phi) is 4.36. The Hall–Kier alpha value is -0.930. The molecule has 0 bridgehead atoms. The number of rotatable bonds is 4. The smallest absolute Gasteiger partial charge is 0.123 e. The van der Waals surface area contributed by atoms with Crippen LogP contribution in [0.15, 0.2) is 24.3 Å². The van der Waals surface area contributed by atoms with Gasteiger partial charge in [0.1, 0.15) is 5.82 Å². The normalized spacial score (nSPS) is 22.6. The summed E-state index contributed by atoms with van der Waals surface area (Å²) in [6, 6.07) is 7.30. The second kappa shape index (κ2) is 5.81. The lowest BCUT2D eigenvalue weighted by Gasteiger charge is -2.25. The number of likely N-dealkylation sites (tertiary alicyclic amines) is 1. The number of halogens is 1. The van der Waals surface area contributed by atoms with Gasteiger partial charge in [-0.2, -0.15) is 0 Å². The average Bonchev–Trinajstić information content (AvgIpc) is 2.76. The van der Waals surface area contributed by atoms with Gasteiger partial charge >= 0.3 is 0 Å². The van der Waals surface area contributed by atoms with Crippen LogP contribution in [0.2, 0.25) is 0 Å². The van der Waals surface area contributed by atoms with Crippen molar-refractivity contribution in [3.05, 3.63) is 35.6 Å². The predicted molar refractivity (Wildman–Crippen MR) is 73.0 cm³/mol. The van der Waals surface area contributed by atoms with E-state index in [2.05, 4.69) is 30.8 Å². The molecule has 3 heteroatoms. The van der Waals surface area contributed by atoms with Crippen LogP contribution in [0.25, 0.3) is 0 Å². The molecule has 0 unspecified atom stereocenters. The molecular weight excluding hydrogens is 227 g/mol. The molecule has 2 rings (SSSR count). The molecule has 1 aromatic carbocycles. The molecule has 0 amide bonds. The van der Waals surface area contributed by atoms with E-state index in [-0.39, 0.29) is 5.82 Å². The van der Waals surface area contributed by atoms with Crippen molar-refractivity contribution in [2.45, 2.75) is 19.4 Å². The zero-order chi connectivity index (χ0) is 13.1. The molecule has 0 aliphatic carbocycles. The van der Waals surface area contributed by atoms with Gasteiger partial charge in [-0.15, -0.1) is 0 Å². The number of hydrogen-bond donors (Lipinski definition) is 0. The molecule has 2 atom stereocenters. The summed E-state index contributed by atoms with van der Waals surface area (Å²) in [5.41, 5.74) is 1.21. The van der Waals surface area contributed by atoms with Crippen molar-refractivity contribution in [1.29, 1.82) is 0 Å². The van der Waals surface area contributed by atoms with Crippen molar-refractivity contribution < 1.29 is 4.39 Å². The van der Waals surface area contributed by atoms with E-state index in [1.807, 2.05) is 12.1 Å². The first-order valence-electron chi connectivity index (χ1n) is 6.70. The SMILES string of the molecule is C[C@@H](c1ccc(F)cc1)N1CC[C@@H](CN(C)C)C1. The van der Waals surface area contributed by atoms with E-state index in [0.29, 0.717) is 6.04 Å². The highest BCUT2D eigenvalue weighted by Crippen LogP contribution is 2.27. The Morgan fingerprint density at radius 2 is 2.00 bits per heavy atom. The van der Waals surface area contributed by atoms with E-state index in [9.17, 15) is 4.39 Å². The minimum Gasteiger partial charge on any atom is -0.309 e. The highest BCUT2D eigenvalue weighted by molar-refractivity contribution is 5.19. The third-order valence-electron chi connectivity index (χ3n) is 3.84. The maximum Gasteiger partial charge on any atom is 0.123 e. The van der Waals surface area contributed by atoms with Gasteiger partial charge in [-0.25, -0.2) is 4.39 Å². The van der Waals surface area contributed by atoms with E-state index in [1.165, 1.54) is 12.0 Å². The lowest BCUT2D eigenvalue weighted by molar-refractivity contribution is 0.240. The van der Waals surface area contributed by atoms with Gasteiger partial charge in [0, 0.05) is 19.1 Å². The summed E-state index contributed by atoms with van der Waals surface area (Å²) in [5.74, 6) is 0.612. The maximum atomic E-state index is 12.9. The lowest BCUT2D eigenvalue weighted by Crippen LogP contribution is -2.27. The van der Waals surface area contributed by atoms with Crippen LogP contribution in [0, 0.1) is 11.7 Å². The van der Waals surface area contributed by atoms with E-state index in [0.717, 1.165) is 25.6 Å². The summed E-state index contributed by atoms with van der Waals surface area (Å²) >= 11 is 0. The molecule has 0 aromatic heterocycles. The maximum absolute atomic E-state index is 12.9. The fourth-order valence-corrected chi connectivity index (χ4v) is 2.83. The summed E-state index contributed by atoms with van der Waals surface area (Å²) < 4.78 is 12.9. The molecule has 1 heterocycles. The number of nitrogens with zero attached hydrogens (tertiary/aromatic N) is 2. The Morgan fingerprint density at radius 1 is 1.33 bits per heavy atom. The second-order valence-corrected chi connectivity index (χ2v) is 5.64. The van der Waals surface area contributed by atoms with Crippen LogP contribution in [0.5, 0.6) is 0 Å². The lowest BCUT2D eigenvalue weighted by atomic mass is 10.1. The largest absolute Gasteiger partial charge is 0.309 e. The summed E-state index contributed by atoms with van der Waals surface area (Å²) in [4.78, 5) is 4.76. The minimum absolute atomic E-state index is 0.155. The van der Waals surface area contributed by atoms with Gasteiger partial charge in [-0.05, 0) is 57.6 Å². The van der Waals surface area contributed by atoms with Crippen molar-refractivity contribution in [1.82, 2.24) is 9.80 Å². The minimum atomic E-state index is -0.155. The first-order valence-corrected chi connectivity index (χ1v) is 6.70. The van der Waals surface area contributed by atoms with Crippen molar-refractivity contribution >= 4 is 0 Å². The molecule has 1 aliphatic rings. The molecular formula is C15H23FN2. The van der Waals surface area contributed by atoms with Crippen molar-refractivity contribution in [2.24, 2.45) is 5.92 Å². The van der Waals surface area contributed by atoms with Crippen LogP contribution in [0.4, 0.5) is 4.39 Å². The number of hydrogen-bond acceptors (Lipinski definition) is 2. The third-order valence-corrected chi connectivity index (χ3v) is 3.84. The summed E-state index contributed by atoms with van der Waals surface area (Å²) in [7, 11) is 4.26. The topological polar surface area (TPSA) is 6.48 Å². The zero-order valence-electron chi connectivity index (χ0n) is 11.6. The van der Waals surface area contributed by atoms with Gasteiger partial charge in [0.25, 0.3) is 0 Å². The first-order chi connectivity index (χ1) is 8.56. The van der Waals surface area contributed by atoms with E-state index < -0.39 is 0 Å². The van der Waals surface area contributed by atoms with Crippen molar-refractivity contribution in [2.75, 3.05) is 33.7 Å². The zero-order valence-corrected chi connectivity index (χ0v) is 11.6. The van der Waals surface area contributed by atoms with Crippen LogP contribution < -0.4 is 0 Å². The molecule has 1 aliphatic heterocycles. The molecule has 2 nitrogen and oxygen atoms in total. The standard InChI is InChI=1S/C15H23FN2/c1-12(14-4-6-15(16)7-5-14)18-9-8-13(11-18)10-17(2)3/h4-7,12-13H,8-11H2,1-3H3/t12-,13-/m0/s1. The molecule has 0 radical (unpaired) electrons. The molecule has 1 saturated heterocycles. The molecule has 1 aromatic rings. The Bertz CT molecular complexity index is 375. The van der Waals surface area contributed by atoms with Gasteiger partial charge in [-0.3, -0.25) is 4.90 Å². The van der Waals surface area contributed by atoms with Crippen LogP contribution in [-0.4, -0.2) is 43.5 Å². The summed E-state index contributed by atoms with van der Waals surface area (Å²) in [6.07, 6.45) is 1.27. The molecule has 1 fully saturated rings. The van der Waals surface area contributed by atoms with Gasteiger partial charge < -0.3 is 4.90 Å². The highest BCUT2D eigenvalue weighted by Gasteiger charge is 2.26. The average molecular weight is 250 g/mol. The monoisotopic (exact) mass is 250 g/mol. The van der Waals surface area contributed by atoms with Gasteiger partial charge in [-0.1, -0.05) is 12.1 Å². The fraction of sp³-hybridized carbons (Fsp3) is 0.600. The van der Waals surface area contributed by atoms with Crippen LogP contribution in [0.1, 0.15) is 24.9 Å². The number of benzene rings is 1. The van der Waals surface area contributed by atoms with Gasteiger partial charge in [0.05, 0.1) is 0 Å². The van der Waals surface area contributed by atoms with Crippen LogP contribution >= 0.6 is 0 Å². The van der Waals surface area contributed by atoms with Gasteiger partial charge in [0.15, 0.2) is 0 Å². The summed E-state index contributed by atoms with van der Waals surface area (Å²) in [6.45, 7) is 5.67. The molecule has 100 valence electrons.